The summed E-state index contributed by atoms with van der Waals surface area (Å²) in [7, 11) is 0. The molecule has 0 aliphatic carbocycles. The largest absolute Gasteiger partial charge is 0.336 e. The van der Waals surface area contributed by atoms with Crippen LogP contribution in [-0.2, 0) is 22.6 Å². The van der Waals surface area contributed by atoms with Crippen LogP contribution in [0.15, 0.2) is 84.6 Å². The van der Waals surface area contributed by atoms with Crippen molar-refractivity contribution < 1.29 is 9.59 Å². The number of carbonyl (C=O) groups is 2. The Balaban J connectivity index is 1.60. The van der Waals surface area contributed by atoms with Gasteiger partial charge in [0.15, 0.2) is 0 Å². The number of nitrogens with zero attached hydrogens (tertiary/aromatic N) is 2. The second-order valence-electron chi connectivity index (χ2n) is 8.16. The Bertz CT molecular complexity index is 1180. The average molecular weight is 409 g/mol. The predicted octanol–water partition coefficient (Wildman–Crippen LogP) is 4.73. The van der Waals surface area contributed by atoms with Crippen LogP contribution >= 0.6 is 0 Å². The fourth-order valence-corrected chi connectivity index (χ4v) is 4.46. The molecule has 4 nitrogen and oxygen atoms in total. The molecule has 2 aliphatic heterocycles. The number of carbonyl (C=O) groups excluding carboxylic acids is 2. The highest BCUT2D eigenvalue weighted by atomic mass is 16.2. The maximum absolute atomic E-state index is 13.7. The van der Waals surface area contributed by atoms with Crippen molar-refractivity contribution in [1.29, 1.82) is 0 Å². The van der Waals surface area contributed by atoms with E-state index in [1.165, 1.54) is 10.5 Å². The van der Waals surface area contributed by atoms with Crippen molar-refractivity contribution in [3.05, 3.63) is 107 Å². The van der Waals surface area contributed by atoms with Crippen LogP contribution in [-0.4, -0.2) is 23.3 Å². The van der Waals surface area contributed by atoms with Crippen LogP contribution in [0.2, 0.25) is 0 Å². The summed E-state index contributed by atoms with van der Waals surface area (Å²) in [6.45, 7) is 3.02. The number of anilines is 1. The van der Waals surface area contributed by atoms with Crippen LogP contribution in [0.1, 0.15) is 28.7 Å². The minimum atomic E-state index is -0.227. The highest BCUT2D eigenvalue weighted by Gasteiger charge is 2.42. The third-order valence-electron chi connectivity index (χ3n) is 6.05. The first-order valence-corrected chi connectivity index (χ1v) is 10.7. The molecule has 0 saturated heterocycles. The van der Waals surface area contributed by atoms with Crippen molar-refractivity contribution in [3.8, 4) is 0 Å². The topological polar surface area (TPSA) is 40.6 Å². The van der Waals surface area contributed by atoms with Gasteiger partial charge in [0.05, 0.1) is 12.1 Å². The van der Waals surface area contributed by atoms with E-state index in [1.54, 1.807) is 0 Å². The van der Waals surface area contributed by atoms with Gasteiger partial charge in [0.25, 0.3) is 11.8 Å². The lowest BCUT2D eigenvalue weighted by molar-refractivity contribution is -0.137. The summed E-state index contributed by atoms with van der Waals surface area (Å²) in [5, 5.41) is 0. The van der Waals surface area contributed by atoms with Crippen molar-refractivity contribution in [2.75, 3.05) is 11.4 Å². The van der Waals surface area contributed by atoms with E-state index >= 15 is 0 Å². The van der Waals surface area contributed by atoms with Crippen LogP contribution in [0.4, 0.5) is 5.69 Å². The summed E-state index contributed by atoms with van der Waals surface area (Å²) in [4.78, 5) is 30.7. The van der Waals surface area contributed by atoms with Crippen molar-refractivity contribution in [3.63, 3.8) is 0 Å². The highest BCUT2D eigenvalue weighted by molar-refractivity contribution is 6.36. The number of amides is 2. The molecule has 0 fully saturated rings. The first-order valence-electron chi connectivity index (χ1n) is 10.7. The van der Waals surface area contributed by atoms with Gasteiger partial charge >= 0.3 is 0 Å². The summed E-state index contributed by atoms with van der Waals surface area (Å²) in [6, 6.07) is 25.7. The lowest BCUT2D eigenvalue weighted by atomic mass is 9.98. The number of para-hydroxylation sites is 1. The van der Waals surface area contributed by atoms with E-state index in [1.807, 2.05) is 79.7 Å². The minimum absolute atomic E-state index is 0.221. The van der Waals surface area contributed by atoms with E-state index < -0.39 is 0 Å². The normalized spacial score (nSPS) is 16.2. The Morgan fingerprint density at radius 2 is 1.52 bits per heavy atom. The zero-order valence-corrected chi connectivity index (χ0v) is 17.5. The molecule has 0 atom stereocenters. The number of hydrogen-bond donors (Lipinski definition) is 0. The number of fused-ring (bicyclic) bond motifs is 1. The van der Waals surface area contributed by atoms with Crippen LogP contribution in [0.5, 0.6) is 0 Å². The molecule has 0 saturated carbocycles. The molecule has 0 radical (unpaired) electrons. The van der Waals surface area contributed by atoms with Crippen LogP contribution < -0.4 is 4.90 Å². The summed E-state index contributed by atoms with van der Waals surface area (Å²) in [6.07, 6.45) is 1.93. The third kappa shape index (κ3) is 3.44. The van der Waals surface area contributed by atoms with Gasteiger partial charge in [-0.1, -0.05) is 78.4 Å². The highest BCUT2D eigenvalue weighted by Crippen LogP contribution is 2.38. The number of hydrogen-bond acceptors (Lipinski definition) is 3. The van der Waals surface area contributed by atoms with E-state index in [2.05, 4.69) is 11.0 Å². The Morgan fingerprint density at radius 3 is 2.29 bits per heavy atom. The monoisotopic (exact) mass is 408 g/mol. The maximum atomic E-state index is 13.7. The van der Waals surface area contributed by atoms with E-state index in [-0.39, 0.29) is 18.4 Å². The molecule has 0 aromatic heterocycles. The van der Waals surface area contributed by atoms with Gasteiger partial charge in [-0.2, -0.15) is 0 Å². The Hall–Kier alpha value is -3.66. The molecule has 3 aromatic carbocycles. The van der Waals surface area contributed by atoms with Gasteiger partial charge in [0.1, 0.15) is 5.70 Å². The first kappa shape index (κ1) is 19.3. The second kappa shape index (κ2) is 7.88. The standard InChI is InChI=1S/C27H24N2O2/c1-19-13-15-20(16-14-19)18-29-26(30)24(22-9-3-2-4-10-22)25(27(29)31)28-17-7-11-21-8-5-6-12-23(21)28/h2-6,8-10,12-16H,7,11,17-18H2,1H3. The molecule has 0 spiro atoms. The van der Waals surface area contributed by atoms with Crippen molar-refractivity contribution >= 4 is 23.1 Å². The Labute approximate surface area is 182 Å². The molecule has 0 N–H and O–H groups in total. The molecule has 0 unspecified atom stereocenters. The average Bonchev–Trinajstić information content (AvgIpc) is 3.05. The van der Waals surface area contributed by atoms with Gasteiger partial charge in [-0.25, -0.2) is 0 Å². The van der Waals surface area contributed by atoms with Gasteiger partial charge in [-0.05, 0) is 42.5 Å². The lowest BCUT2D eigenvalue weighted by Gasteiger charge is -2.32. The molecule has 2 aliphatic rings. The number of benzene rings is 3. The van der Waals surface area contributed by atoms with Crippen LogP contribution in [0.25, 0.3) is 5.57 Å². The molecular formula is C27H24N2O2. The number of aryl methyl sites for hydroxylation is 2. The molecule has 2 amide bonds. The van der Waals surface area contributed by atoms with Gasteiger partial charge in [-0.3, -0.25) is 14.5 Å². The zero-order valence-electron chi connectivity index (χ0n) is 17.5. The summed E-state index contributed by atoms with van der Waals surface area (Å²) < 4.78 is 0. The fraction of sp³-hybridized carbons (Fsp3) is 0.185. The van der Waals surface area contributed by atoms with Crippen molar-refractivity contribution in [2.45, 2.75) is 26.3 Å². The van der Waals surface area contributed by atoms with E-state index in [0.717, 1.165) is 41.8 Å². The maximum Gasteiger partial charge on any atom is 0.278 e. The lowest BCUT2D eigenvalue weighted by Crippen LogP contribution is -2.36. The first-order chi connectivity index (χ1) is 15.1. The summed E-state index contributed by atoms with van der Waals surface area (Å²) in [5.74, 6) is -0.448. The van der Waals surface area contributed by atoms with Gasteiger partial charge < -0.3 is 4.90 Å². The molecule has 5 rings (SSSR count). The summed E-state index contributed by atoms with van der Waals surface area (Å²) in [5.41, 5.74) is 6.10. The molecule has 2 heterocycles. The molecule has 31 heavy (non-hydrogen) atoms. The molecule has 154 valence electrons. The SMILES string of the molecule is Cc1ccc(CN2C(=O)C(c3ccccc3)=C(N3CCCc4ccccc43)C2=O)cc1. The van der Waals surface area contributed by atoms with Crippen molar-refractivity contribution in [1.82, 2.24) is 4.90 Å². The summed E-state index contributed by atoms with van der Waals surface area (Å²) >= 11 is 0. The third-order valence-corrected chi connectivity index (χ3v) is 6.05. The Kier molecular flexibility index (Phi) is 4.91. The van der Waals surface area contributed by atoms with Crippen LogP contribution in [0, 0.1) is 6.92 Å². The van der Waals surface area contributed by atoms with E-state index in [0.29, 0.717) is 11.3 Å². The van der Waals surface area contributed by atoms with E-state index in [9.17, 15) is 9.59 Å². The minimum Gasteiger partial charge on any atom is -0.336 e. The van der Waals surface area contributed by atoms with Crippen molar-refractivity contribution in [2.24, 2.45) is 0 Å². The smallest absolute Gasteiger partial charge is 0.278 e. The zero-order chi connectivity index (χ0) is 21.4. The second-order valence-corrected chi connectivity index (χ2v) is 8.16. The van der Waals surface area contributed by atoms with Gasteiger partial charge in [0.2, 0.25) is 0 Å². The van der Waals surface area contributed by atoms with Gasteiger partial charge in [-0.15, -0.1) is 0 Å². The number of rotatable bonds is 4. The molecule has 3 aromatic rings. The fourth-order valence-electron chi connectivity index (χ4n) is 4.46. The van der Waals surface area contributed by atoms with Gasteiger partial charge in [0, 0.05) is 12.2 Å². The van der Waals surface area contributed by atoms with E-state index in [4.69, 9.17) is 0 Å². The quantitative estimate of drug-likeness (QED) is 0.586. The number of imide groups is 1. The molecule has 4 heteroatoms. The van der Waals surface area contributed by atoms with Crippen LogP contribution in [0.3, 0.4) is 0 Å². The molecular weight excluding hydrogens is 384 g/mol. The molecule has 0 bridgehead atoms. The Morgan fingerprint density at radius 1 is 0.806 bits per heavy atom. The predicted molar refractivity (Wildman–Crippen MR) is 122 cm³/mol.